The van der Waals surface area contributed by atoms with E-state index in [0.29, 0.717) is 61.6 Å². The third-order valence-electron chi connectivity index (χ3n) is 10.00. The number of amides is 1. The van der Waals surface area contributed by atoms with Crippen LogP contribution in [0.15, 0.2) is 79.1 Å². The third-order valence-corrected chi connectivity index (χ3v) is 10.7. The van der Waals surface area contributed by atoms with E-state index in [1.807, 2.05) is 36.4 Å². The second-order valence-electron chi connectivity index (χ2n) is 13.5. The zero-order valence-corrected chi connectivity index (χ0v) is 33.2. The summed E-state index contributed by atoms with van der Waals surface area (Å²) in [6, 6.07) is 20.6. The van der Waals surface area contributed by atoms with E-state index in [-0.39, 0.29) is 5.91 Å². The number of nitrogens with zero attached hydrogens (tertiary/aromatic N) is 5. The molecule has 2 aliphatic heterocycles. The van der Waals surface area contributed by atoms with Gasteiger partial charge in [-0.1, -0.05) is 48.3 Å². The summed E-state index contributed by atoms with van der Waals surface area (Å²) in [5.74, 6) is 1.23. The van der Waals surface area contributed by atoms with Crippen LogP contribution in [0.2, 0.25) is 10.0 Å². The zero-order chi connectivity index (χ0) is 38.7. The molecule has 2 fully saturated rings. The minimum Gasteiger partial charge on any atom is -0.495 e. The van der Waals surface area contributed by atoms with E-state index in [1.54, 1.807) is 24.4 Å². The molecule has 0 atom stereocenters. The van der Waals surface area contributed by atoms with E-state index in [1.165, 1.54) is 71.5 Å². The number of benzene rings is 4. The molecule has 3 N–H and O–H groups in total. The first-order valence-electron chi connectivity index (χ1n) is 18.7. The molecule has 1 amide bonds. The number of carbonyl (C=O) groups excluding carboxylic acids is 1. The summed E-state index contributed by atoms with van der Waals surface area (Å²) in [6.07, 6.45) is 5.60. The Kier molecular flexibility index (Phi) is 14.0. The Balaban J connectivity index is 0.000000268. The van der Waals surface area contributed by atoms with Crippen molar-refractivity contribution >= 4 is 51.5 Å². The summed E-state index contributed by atoms with van der Waals surface area (Å²) in [4.78, 5) is 29.7. The van der Waals surface area contributed by atoms with E-state index in [4.69, 9.17) is 43.1 Å². The Hall–Kier alpha value is -4.65. The van der Waals surface area contributed by atoms with Gasteiger partial charge in [-0.2, -0.15) is 0 Å². The summed E-state index contributed by atoms with van der Waals surface area (Å²) in [5, 5.41) is 3.54. The lowest BCUT2D eigenvalue weighted by atomic mass is 9.99. The van der Waals surface area contributed by atoms with Crippen LogP contribution in [0.1, 0.15) is 35.7 Å². The summed E-state index contributed by atoms with van der Waals surface area (Å²) in [7, 11) is 3.02. The molecule has 5 aromatic rings. The average molecular weight is 787 g/mol. The molecule has 0 unspecified atom stereocenters. The van der Waals surface area contributed by atoms with E-state index in [0.717, 1.165) is 37.6 Å². The lowest BCUT2D eigenvalue weighted by Gasteiger charge is -2.34. The van der Waals surface area contributed by atoms with Gasteiger partial charge in [-0.25, -0.2) is 0 Å². The van der Waals surface area contributed by atoms with Gasteiger partial charge in [-0.3, -0.25) is 24.6 Å². The summed E-state index contributed by atoms with van der Waals surface area (Å²) in [6.45, 7) is 13.1. The number of anilines is 2. The molecule has 2 saturated heterocycles. The Labute approximate surface area is 333 Å². The van der Waals surface area contributed by atoms with Gasteiger partial charge < -0.3 is 30.2 Å². The number of nitrogens with two attached hydrogens (primary N) is 1. The number of fused-ring (bicyclic) bond motifs is 1. The molecular formula is C42H49Cl2N7O4. The number of methoxy groups -OCH3 is 2. The lowest BCUT2D eigenvalue weighted by molar-refractivity contribution is 0.102. The third kappa shape index (κ3) is 10.2. The number of nitrogen functional groups attached to an aromatic ring is 1. The summed E-state index contributed by atoms with van der Waals surface area (Å²) >= 11 is 13.3. The molecule has 13 heteroatoms. The highest BCUT2D eigenvalue weighted by molar-refractivity contribution is 6.41. The molecule has 11 nitrogen and oxygen atoms in total. The fourth-order valence-corrected chi connectivity index (χ4v) is 7.54. The van der Waals surface area contributed by atoms with Crippen molar-refractivity contribution in [3.63, 3.8) is 0 Å². The molecule has 0 spiro atoms. The lowest BCUT2D eigenvalue weighted by Crippen LogP contribution is -2.45. The van der Waals surface area contributed by atoms with Crippen molar-refractivity contribution in [1.29, 1.82) is 0 Å². The standard InChI is InChI=1S/C29H28Cl2N4O4.C13H21N3/c1-37-22-17-23(38-2)26(31)24(25(22)30)20-9-10-21(28-27(20)32-11-12-33-28)29(36)34-18-5-7-19(8-6-18)39-16-15-35-13-3-4-14-35;1-2-15-7-9-16(10-8-15)11-12-3-5-13(14)6-4-12/h5-12,17H,3-4,13-16H2,1-2H3,(H,34,36);3-6H,2,7-11,14H2,1H3. The number of piperazine rings is 1. The molecule has 4 aromatic carbocycles. The molecule has 2 aliphatic rings. The van der Waals surface area contributed by atoms with Crippen molar-refractivity contribution in [3.8, 4) is 28.4 Å². The van der Waals surface area contributed by atoms with Gasteiger partial charge in [0, 0.05) is 80.2 Å². The number of hydrogen-bond donors (Lipinski definition) is 2. The number of carbonyl (C=O) groups is 1. The topological polar surface area (TPSA) is 118 Å². The second-order valence-corrected chi connectivity index (χ2v) is 14.3. The second kappa shape index (κ2) is 19.3. The van der Waals surface area contributed by atoms with Crippen molar-refractivity contribution in [2.24, 2.45) is 0 Å². The van der Waals surface area contributed by atoms with Crippen LogP contribution < -0.4 is 25.3 Å². The Morgan fingerprint density at radius 1 is 0.782 bits per heavy atom. The van der Waals surface area contributed by atoms with Gasteiger partial charge in [0.2, 0.25) is 0 Å². The van der Waals surface area contributed by atoms with E-state index >= 15 is 0 Å². The van der Waals surface area contributed by atoms with Crippen molar-refractivity contribution in [3.05, 3.63) is 100 Å². The number of hydrogen-bond acceptors (Lipinski definition) is 10. The van der Waals surface area contributed by atoms with Gasteiger partial charge in [-0.15, -0.1) is 0 Å². The molecule has 1 aromatic heterocycles. The van der Waals surface area contributed by atoms with Crippen LogP contribution in [0.4, 0.5) is 11.4 Å². The molecule has 55 heavy (non-hydrogen) atoms. The maximum atomic E-state index is 13.3. The minimum absolute atomic E-state index is 0.301. The number of ether oxygens (including phenoxy) is 3. The quantitative estimate of drug-likeness (QED) is 0.122. The van der Waals surface area contributed by atoms with Crippen LogP contribution in [-0.4, -0.2) is 104 Å². The molecular weight excluding hydrogens is 737 g/mol. The van der Waals surface area contributed by atoms with Gasteiger partial charge in [-0.05, 0) is 80.5 Å². The number of likely N-dealkylation sites (N-methyl/N-ethyl adjacent to an activating group) is 1. The fourth-order valence-electron chi connectivity index (χ4n) is 6.84. The molecule has 0 radical (unpaired) electrons. The average Bonchev–Trinajstić information content (AvgIpc) is 3.74. The van der Waals surface area contributed by atoms with Gasteiger partial charge in [0.05, 0.1) is 35.3 Å². The van der Waals surface area contributed by atoms with Gasteiger partial charge in [0.15, 0.2) is 0 Å². The fraction of sp³-hybridized carbons (Fsp3) is 0.357. The van der Waals surface area contributed by atoms with Crippen LogP contribution in [0.3, 0.4) is 0 Å². The van der Waals surface area contributed by atoms with Crippen LogP contribution in [-0.2, 0) is 6.54 Å². The first kappa shape index (κ1) is 40.0. The van der Waals surface area contributed by atoms with Crippen molar-refractivity contribution in [1.82, 2.24) is 24.7 Å². The smallest absolute Gasteiger partial charge is 0.257 e. The van der Waals surface area contributed by atoms with Crippen LogP contribution in [0, 0.1) is 0 Å². The normalized spacial score (nSPS) is 15.0. The molecule has 0 bridgehead atoms. The van der Waals surface area contributed by atoms with Crippen LogP contribution in [0.25, 0.3) is 22.2 Å². The molecule has 0 aliphatic carbocycles. The number of likely N-dealkylation sites (tertiary alicyclic amines) is 1. The predicted octanol–water partition coefficient (Wildman–Crippen LogP) is 7.75. The van der Waals surface area contributed by atoms with Crippen molar-refractivity contribution in [2.75, 3.05) is 84.2 Å². The highest BCUT2D eigenvalue weighted by Crippen LogP contribution is 2.47. The van der Waals surface area contributed by atoms with E-state index < -0.39 is 0 Å². The molecule has 0 saturated carbocycles. The van der Waals surface area contributed by atoms with Crippen molar-refractivity contribution in [2.45, 2.75) is 26.3 Å². The zero-order valence-electron chi connectivity index (χ0n) is 31.7. The summed E-state index contributed by atoms with van der Waals surface area (Å²) < 4.78 is 16.7. The summed E-state index contributed by atoms with van der Waals surface area (Å²) in [5.41, 5.74) is 10.8. The monoisotopic (exact) mass is 785 g/mol. The van der Waals surface area contributed by atoms with Gasteiger partial charge in [0.25, 0.3) is 5.91 Å². The maximum Gasteiger partial charge on any atom is 0.257 e. The molecule has 290 valence electrons. The van der Waals surface area contributed by atoms with Crippen LogP contribution >= 0.6 is 23.2 Å². The first-order chi connectivity index (χ1) is 26.8. The molecule has 7 rings (SSSR count). The van der Waals surface area contributed by atoms with E-state index in [9.17, 15) is 4.79 Å². The maximum absolute atomic E-state index is 13.3. The van der Waals surface area contributed by atoms with Crippen LogP contribution in [0.5, 0.6) is 17.2 Å². The van der Waals surface area contributed by atoms with Gasteiger partial charge in [0.1, 0.15) is 29.4 Å². The Morgan fingerprint density at radius 2 is 1.40 bits per heavy atom. The van der Waals surface area contributed by atoms with Gasteiger partial charge >= 0.3 is 0 Å². The Morgan fingerprint density at radius 3 is 2.02 bits per heavy atom. The number of nitrogens with one attached hydrogen (secondary N) is 1. The minimum atomic E-state index is -0.324. The SMILES string of the molecule is CCN1CCN(Cc2ccc(N)cc2)CC1.COc1cc(OC)c(Cl)c(-c2ccc(C(=O)Nc3ccc(OCCN4CCCC4)cc3)c3nccnc23)c1Cl. The molecule has 3 heterocycles. The van der Waals surface area contributed by atoms with Crippen molar-refractivity contribution < 1.29 is 19.0 Å². The number of rotatable bonds is 12. The first-order valence-corrected chi connectivity index (χ1v) is 19.4. The highest BCUT2D eigenvalue weighted by atomic mass is 35.5. The largest absolute Gasteiger partial charge is 0.495 e. The predicted molar refractivity (Wildman–Crippen MR) is 222 cm³/mol. The number of halogens is 2. The highest BCUT2D eigenvalue weighted by Gasteiger charge is 2.23. The number of aromatic nitrogens is 2. The van der Waals surface area contributed by atoms with E-state index in [2.05, 4.69) is 49.0 Å². The Bertz CT molecular complexity index is 2010.